The molecule has 2 heterocycles. The maximum atomic E-state index is 6.19. The van der Waals surface area contributed by atoms with Gasteiger partial charge in [-0.25, -0.2) is 0 Å². The van der Waals surface area contributed by atoms with Crippen molar-refractivity contribution >= 4 is 10.9 Å². The monoisotopic (exact) mass is 244 g/mol. The van der Waals surface area contributed by atoms with Crippen LogP contribution in [0.25, 0.3) is 10.9 Å². The van der Waals surface area contributed by atoms with Gasteiger partial charge in [0.2, 0.25) is 0 Å². The van der Waals surface area contributed by atoms with Crippen LogP contribution in [0.1, 0.15) is 18.0 Å². The van der Waals surface area contributed by atoms with Crippen molar-refractivity contribution in [2.24, 2.45) is 5.73 Å². The lowest BCUT2D eigenvalue weighted by atomic mass is 10.0. The number of hydrogen-bond donors (Lipinski definition) is 1. The van der Waals surface area contributed by atoms with Gasteiger partial charge in [0.05, 0.1) is 18.7 Å². The van der Waals surface area contributed by atoms with Gasteiger partial charge in [0.25, 0.3) is 0 Å². The van der Waals surface area contributed by atoms with Crippen LogP contribution in [0.2, 0.25) is 0 Å². The fraction of sp³-hybridized carbons (Fsp3) is 0.357. The Hall–Kier alpha value is -1.49. The second-order valence-corrected chi connectivity index (χ2v) is 4.47. The standard InChI is InChI=1S/C14H16N2O2/c15-12(9-14-17-6-7-18-14)10-3-4-13-11(8-10)2-1-5-16-13/h1-5,8,12,14H,6-7,9,15H2. The number of aromatic nitrogens is 1. The van der Waals surface area contributed by atoms with Gasteiger partial charge in [0, 0.05) is 24.0 Å². The van der Waals surface area contributed by atoms with Crippen LogP contribution in [0.15, 0.2) is 36.5 Å². The maximum Gasteiger partial charge on any atom is 0.159 e. The molecule has 1 fully saturated rings. The maximum absolute atomic E-state index is 6.19. The highest BCUT2D eigenvalue weighted by molar-refractivity contribution is 5.79. The lowest BCUT2D eigenvalue weighted by molar-refractivity contribution is -0.0507. The van der Waals surface area contributed by atoms with Crippen LogP contribution in [-0.4, -0.2) is 24.5 Å². The van der Waals surface area contributed by atoms with Crippen molar-refractivity contribution in [1.82, 2.24) is 4.98 Å². The molecule has 1 aromatic carbocycles. The Labute approximate surface area is 106 Å². The molecule has 3 rings (SSSR count). The first-order valence-electron chi connectivity index (χ1n) is 6.16. The first-order valence-corrected chi connectivity index (χ1v) is 6.16. The molecule has 4 nitrogen and oxygen atoms in total. The zero-order valence-electron chi connectivity index (χ0n) is 10.1. The van der Waals surface area contributed by atoms with E-state index >= 15 is 0 Å². The van der Waals surface area contributed by atoms with E-state index in [9.17, 15) is 0 Å². The van der Waals surface area contributed by atoms with Gasteiger partial charge in [-0.2, -0.15) is 0 Å². The first kappa shape index (κ1) is 11.6. The molecule has 0 spiro atoms. The molecule has 0 radical (unpaired) electrons. The minimum atomic E-state index is -0.162. The van der Waals surface area contributed by atoms with Crippen LogP contribution in [0.4, 0.5) is 0 Å². The van der Waals surface area contributed by atoms with Gasteiger partial charge in [-0.05, 0) is 23.8 Å². The van der Waals surface area contributed by atoms with Crippen LogP contribution < -0.4 is 5.73 Å². The zero-order valence-corrected chi connectivity index (χ0v) is 10.1. The van der Waals surface area contributed by atoms with E-state index in [1.165, 1.54) is 0 Å². The molecule has 0 aliphatic carbocycles. The number of pyridine rings is 1. The molecule has 94 valence electrons. The van der Waals surface area contributed by atoms with Crippen LogP contribution >= 0.6 is 0 Å². The van der Waals surface area contributed by atoms with Gasteiger partial charge in [0.15, 0.2) is 6.29 Å². The fourth-order valence-electron chi connectivity index (χ4n) is 2.21. The van der Waals surface area contributed by atoms with Crippen molar-refractivity contribution in [2.45, 2.75) is 18.8 Å². The number of hydrogen-bond acceptors (Lipinski definition) is 4. The van der Waals surface area contributed by atoms with Crippen LogP contribution in [0, 0.1) is 0 Å². The van der Waals surface area contributed by atoms with E-state index in [0.29, 0.717) is 19.6 Å². The van der Waals surface area contributed by atoms with E-state index in [-0.39, 0.29) is 12.3 Å². The molecule has 0 bridgehead atoms. The summed E-state index contributed by atoms with van der Waals surface area (Å²) >= 11 is 0. The van der Waals surface area contributed by atoms with Gasteiger partial charge >= 0.3 is 0 Å². The second kappa shape index (κ2) is 5.02. The van der Waals surface area contributed by atoms with Crippen molar-refractivity contribution in [3.05, 3.63) is 42.1 Å². The van der Waals surface area contributed by atoms with Gasteiger partial charge in [-0.1, -0.05) is 12.1 Å². The van der Waals surface area contributed by atoms with E-state index in [0.717, 1.165) is 16.5 Å². The molecule has 0 amide bonds. The van der Waals surface area contributed by atoms with Gasteiger partial charge < -0.3 is 15.2 Å². The second-order valence-electron chi connectivity index (χ2n) is 4.47. The highest BCUT2D eigenvalue weighted by Gasteiger charge is 2.20. The number of nitrogens with zero attached hydrogens (tertiary/aromatic N) is 1. The molecule has 1 aliphatic heterocycles. The molecule has 0 saturated carbocycles. The summed E-state index contributed by atoms with van der Waals surface area (Å²) in [5, 5.41) is 1.11. The predicted molar refractivity (Wildman–Crippen MR) is 69.0 cm³/mol. The molecule has 1 aliphatic rings. The summed E-state index contributed by atoms with van der Waals surface area (Å²) in [5.74, 6) is 0. The van der Waals surface area contributed by atoms with Crippen LogP contribution in [0.3, 0.4) is 0 Å². The quantitative estimate of drug-likeness (QED) is 0.897. The fourth-order valence-corrected chi connectivity index (χ4v) is 2.21. The summed E-state index contributed by atoms with van der Waals surface area (Å²) in [6, 6.07) is 10.0. The number of rotatable bonds is 3. The third-order valence-corrected chi connectivity index (χ3v) is 3.19. The minimum Gasteiger partial charge on any atom is -0.350 e. The van der Waals surface area contributed by atoms with Crippen molar-refractivity contribution in [3.8, 4) is 0 Å². The van der Waals surface area contributed by atoms with Crippen LogP contribution in [0.5, 0.6) is 0 Å². The largest absolute Gasteiger partial charge is 0.350 e. The Morgan fingerprint density at radius 1 is 1.28 bits per heavy atom. The smallest absolute Gasteiger partial charge is 0.159 e. The highest BCUT2D eigenvalue weighted by atomic mass is 16.7. The Bertz CT molecular complexity index is 538. The number of benzene rings is 1. The minimum absolute atomic E-state index is 0.0716. The van der Waals surface area contributed by atoms with E-state index in [1.54, 1.807) is 6.20 Å². The Balaban J connectivity index is 1.80. The molecule has 4 heteroatoms. The molecule has 18 heavy (non-hydrogen) atoms. The summed E-state index contributed by atoms with van der Waals surface area (Å²) in [6.45, 7) is 1.33. The molecule has 1 aromatic heterocycles. The van der Waals surface area contributed by atoms with Gasteiger partial charge in [-0.15, -0.1) is 0 Å². The van der Waals surface area contributed by atoms with E-state index in [4.69, 9.17) is 15.2 Å². The van der Waals surface area contributed by atoms with Gasteiger partial charge in [0.1, 0.15) is 0 Å². The SMILES string of the molecule is NC(CC1OCCO1)c1ccc2ncccc2c1. The van der Waals surface area contributed by atoms with E-state index in [2.05, 4.69) is 11.1 Å². The average molecular weight is 244 g/mol. The third-order valence-electron chi connectivity index (χ3n) is 3.19. The van der Waals surface area contributed by atoms with Crippen LogP contribution in [-0.2, 0) is 9.47 Å². The molecule has 1 unspecified atom stereocenters. The zero-order chi connectivity index (χ0) is 12.4. The average Bonchev–Trinajstić information content (AvgIpc) is 2.91. The van der Waals surface area contributed by atoms with Crippen molar-refractivity contribution < 1.29 is 9.47 Å². The number of fused-ring (bicyclic) bond motifs is 1. The number of nitrogens with two attached hydrogens (primary N) is 1. The highest BCUT2D eigenvalue weighted by Crippen LogP contribution is 2.23. The molecular formula is C14H16N2O2. The Morgan fingerprint density at radius 3 is 2.94 bits per heavy atom. The summed E-state index contributed by atoms with van der Waals surface area (Å²) in [6.07, 6.45) is 2.32. The lowest BCUT2D eigenvalue weighted by Gasteiger charge is -2.16. The van der Waals surface area contributed by atoms with E-state index in [1.807, 2.05) is 24.3 Å². The topological polar surface area (TPSA) is 57.4 Å². The number of ether oxygens (including phenoxy) is 2. The van der Waals surface area contributed by atoms with E-state index < -0.39 is 0 Å². The lowest BCUT2D eigenvalue weighted by Crippen LogP contribution is -2.19. The van der Waals surface area contributed by atoms with Gasteiger partial charge in [-0.3, -0.25) is 4.98 Å². The third kappa shape index (κ3) is 2.36. The van der Waals surface area contributed by atoms with Crippen molar-refractivity contribution in [2.75, 3.05) is 13.2 Å². The Kier molecular flexibility index (Phi) is 3.23. The molecule has 1 atom stereocenters. The molecule has 1 saturated heterocycles. The predicted octanol–water partition coefficient (Wildman–Crippen LogP) is 2.00. The normalized spacial score (nSPS) is 18.3. The summed E-state index contributed by atoms with van der Waals surface area (Å²) in [5.41, 5.74) is 8.27. The molecule has 2 aromatic rings. The summed E-state index contributed by atoms with van der Waals surface area (Å²) in [4.78, 5) is 4.29. The van der Waals surface area contributed by atoms with Crippen molar-refractivity contribution in [1.29, 1.82) is 0 Å². The molecule has 2 N–H and O–H groups in total. The Morgan fingerprint density at radius 2 is 2.11 bits per heavy atom. The molecular weight excluding hydrogens is 228 g/mol. The summed E-state index contributed by atoms with van der Waals surface area (Å²) in [7, 11) is 0. The first-order chi connectivity index (χ1) is 8.83. The summed E-state index contributed by atoms with van der Waals surface area (Å²) < 4.78 is 10.8. The van der Waals surface area contributed by atoms with Crippen molar-refractivity contribution in [3.63, 3.8) is 0 Å².